The number of allylic oxidation sites excluding steroid dienone is 6. The molecule has 4 heteroatoms. The van der Waals surface area contributed by atoms with Gasteiger partial charge in [0, 0.05) is 16.7 Å². The third kappa shape index (κ3) is 1.89. The molecule has 2 saturated carbocycles. The number of fused-ring (bicyclic) bond motifs is 5. The van der Waals surface area contributed by atoms with Crippen LogP contribution in [0.15, 0.2) is 35.5 Å². The van der Waals surface area contributed by atoms with Gasteiger partial charge in [-0.2, -0.15) is 0 Å². The van der Waals surface area contributed by atoms with E-state index in [4.69, 9.17) is 0 Å². The van der Waals surface area contributed by atoms with Gasteiger partial charge in [0.25, 0.3) is 0 Å². The molecule has 3 nitrogen and oxygen atoms in total. The Balaban J connectivity index is 1.81. The van der Waals surface area contributed by atoms with E-state index in [2.05, 4.69) is 0 Å². The van der Waals surface area contributed by atoms with Crippen LogP contribution < -0.4 is 0 Å². The summed E-state index contributed by atoms with van der Waals surface area (Å²) in [6.45, 7) is 5.38. The van der Waals surface area contributed by atoms with Crippen LogP contribution in [0, 0.1) is 22.7 Å². The maximum atomic E-state index is 16.6. The maximum Gasteiger partial charge on any atom is 0.178 e. The molecule has 0 bridgehead atoms. The van der Waals surface area contributed by atoms with E-state index < -0.39 is 22.6 Å². The molecule has 0 aromatic carbocycles. The van der Waals surface area contributed by atoms with Gasteiger partial charge in [-0.1, -0.05) is 24.6 Å². The summed E-state index contributed by atoms with van der Waals surface area (Å²) in [5.41, 5.74) is -1.68. The van der Waals surface area contributed by atoms with Crippen LogP contribution in [0.4, 0.5) is 4.39 Å². The van der Waals surface area contributed by atoms with E-state index in [9.17, 15) is 14.7 Å². The van der Waals surface area contributed by atoms with Gasteiger partial charge in [0.05, 0.1) is 6.10 Å². The first-order chi connectivity index (χ1) is 11.6. The quantitative estimate of drug-likeness (QED) is 0.792. The standard InChI is InChI=1S/C21H25FO3/c1-12(23)15-6-7-16-17-5-4-13-10-14(24)8-9-20(13,3)21(17,22)18(25)11-19(15,16)2/h6,8-10,16-18,25H,4-5,7,11H2,1-3H3/t16-,17-,18?,19+,20-,21-/m0/s1. The first-order valence-electron chi connectivity index (χ1n) is 9.17. The number of hydrogen-bond acceptors (Lipinski definition) is 3. The van der Waals surface area contributed by atoms with Crippen molar-refractivity contribution in [2.75, 3.05) is 0 Å². The molecular weight excluding hydrogens is 319 g/mol. The summed E-state index contributed by atoms with van der Waals surface area (Å²) in [4.78, 5) is 23.8. The zero-order valence-electron chi connectivity index (χ0n) is 15.0. The number of aliphatic hydroxyl groups excluding tert-OH is 1. The number of aliphatic hydroxyl groups is 1. The highest BCUT2D eigenvalue weighted by molar-refractivity contribution is 6.01. The second-order valence-electron chi connectivity index (χ2n) is 8.67. The van der Waals surface area contributed by atoms with Gasteiger partial charge in [-0.05, 0) is 63.2 Å². The van der Waals surface area contributed by atoms with Crippen LogP contribution in [-0.4, -0.2) is 28.4 Å². The second kappa shape index (κ2) is 5.00. The molecular formula is C21H25FO3. The van der Waals surface area contributed by atoms with Crippen molar-refractivity contribution >= 4 is 11.6 Å². The Labute approximate surface area is 147 Å². The van der Waals surface area contributed by atoms with E-state index in [1.54, 1.807) is 19.1 Å². The van der Waals surface area contributed by atoms with Crippen LogP contribution in [0.3, 0.4) is 0 Å². The van der Waals surface area contributed by atoms with Gasteiger partial charge in [-0.25, -0.2) is 4.39 Å². The van der Waals surface area contributed by atoms with Gasteiger partial charge in [0.15, 0.2) is 17.2 Å². The molecule has 4 aliphatic carbocycles. The third-order valence-electron chi connectivity index (χ3n) is 7.60. The second-order valence-corrected chi connectivity index (χ2v) is 8.67. The molecule has 0 heterocycles. The predicted octanol–water partition coefficient (Wildman–Crippen LogP) is 3.48. The van der Waals surface area contributed by atoms with Crippen LogP contribution in [0.25, 0.3) is 0 Å². The number of hydrogen-bond donors (Lipinski definition) is 1. The Morgan fingerprint density at radius 1 is 1.32 bits per heavy atom. The highest BCUT2D eigenvalue weighted by Crippen LogP contribution is 2.67. The molecule has 1 unspecified atom stereocenters. The van der Waals surface area contributed by atoms with Crippen LogP contribution in [0.2, 0.25) is 0 Å². The van der Waals surface area contributed by atoms with Crippen molar-refractivity contribution in [3.63, 3.8) is 0 Å². The van der Waals surface area contributed by atoms with Gasteiger partial charge in [-0.3, -0.25) is 9.59 Å². The molecule has 0 amide bonds. The van der Waals surface area contributed by atoms with E-state index in [-0.39, 0.29) is 29.8 Å². The zero-order valence-corrected chi connectivity index (χ0v) is 15.0. The summed E-state index contributed by atoms with van der Waals surface area (Å²) in [6, 6.07) is 0. The number of halogens is 1. The SMILES string of the molecule is CC(=O)C1=CC[C@H]2[C@@H]3CCC4=CC(=O)C=C[C@]4(C)[C@@]3(F)C(O)C[C@]12C. The summed E-state index contributed by atoms with van der Waals surface area (Å²) in [5, 5.41) is 11.0. The molecule has 4 rings (SSSR count). The Kier molecular flexibility index (Phi) is 3.38. The van der Waals surface area contributed by atoms with Crippen molar-refractivity contribution in [1.29, 1.82) is 0 Å². The summed E-state index contributed by atoms with van der Waals surface area (Å²) < 4.78 is 16.6. The van der Waals surface area contributed by atoms with Gasteiger partial charge in [0.1, 0.15) is 0 Å². The van der Waals surface area contributed by atoms with Gasteiger partial charge < -0.3 is 5.11 Å². The predicted molar refractivity (Wildman–Crippen MR) is 92.5 cm³/mol. The zero-order chi connectivity index (χ0) is 18.2. The Hall–Kier alpha value is -1.55. The lowest BCUT2D eigenvalue weighted by atomic mass is 9.45. The lowest BCUT2D eigenvalue weighted by Gasteiger charge is -2.61. The Morgan fingerprint density at radius 2 is 2.04 bits per heavy atom. The van der Waals surface area contributed by atoms with E-state index in [0.717, 1.165) is 11.1 Å². The average Bonchev–Trinajstić information content (AvgIpc) is 2.87. The largest absolute Gasteiger partial charge is 0.390 e. The minimum absolute atomic E-state index is 0.0178. The van der Waals surface area contributed by atoms with Crippen molar-refractivity contribution < 1.29 is 19.1 Å². The molecule has 25 heavy (non-hydrogen) atoms. The average molecular weight is 344 g/mol. The molecule has 0 aromatic rings. The molecule has 0 spiro atoms. The fraction of sp³-hybridized carbons (Fsp3) is 0.619. The molecule has 0 radical (unpaired) electrons. The molecule has 6 atom stereocenters. The number of ketones is 2. The molecule has 134 valence electrons. The van der Waals surface area contributed by atoms with Gasteiger partial charge >= 0.3 is 0 Å². The minimum Gasteiger partial charge on any atom is -0.390 e. The van der Waals surface area contributed by atoms with E-state index in [0.29, 0.717) is 19.3 Å². The summed E-state index contributed by atoms with van der Waals surface area (Å²) >= 11 is 0. The number of carbonyl (C=O) groups excluding carboxylic acids is 2. The van der Waals surface area contributed by atoms with Crippen molar-refractivity contribution in [2.24, 2.45) is 22.7 Å². The molecule has 1 N–H and O–H groups in total. The number of Topliss-reactive ketones (excluding diaryl/α,β-unsaturated/α-hetero) is 1. The fourth-order valence-corrected chi connectivity index (χ4v) is 6.33. The van der Waals surface area contributed by atoms with Crippen molar-refractivity contribution in [3.05, 3.63) is 35.5 Å². The highest BCUT2D eigenvalue weighted by Gasteiger charge is 2.69. The minimum atomic E-state index is -1.81. The first kappa shape index (κ1) is 16.9. The monoisotopic (exact) mass is 344 g/mol. The van der Waals surface area contributed by atoms with Gasteiger partial charge in [0.2, 0.25) is 0 Å². The lowest BCUT2D eigenvalue weighted by molar-refractivity contribution is -0.185. The molecule has 2 fully saturated rings. The molecule has 0 aromatic heterocycles. The number of alkyl halides is 1. The van der Waals surface area contributed by atoms with Crippen molar-refractivity contribution in [1.82, 2.24) is 0 Å². The third-order valence-corrected chi connectivity index (χ3v) is 7.60. The van der Waals surface area contributed by atoms with E-state index in [1.807, 2.05) is 19.9 Å². The fourth-order valence-electron chi connectivity index (χ4n) is 6.33. The topological polar surface area (TPSA) is 54.4 Å². The Bertz CT molecular complexity index is 763. The smallest absolute Gasteiger partial charge is 0.178 e. The summed E-state index contributed by atoms with van der Waals surface area (Å²) in [6.07, 6.45) is 7.65. The molecule has 0 saturated heterocycles. The first-order valence-corrected chi connectivity index (χ1v) is 9.17. The van der Waals surface area contributed by atoms with E-state index >= 15 is 4.39 Å². The lowest BCUT2D eigenvalue weighted by Crippen LogP contribution is -2.66. The normalized spacial score (nSPS) is 48.2. The molecule has 0 aliphatic heterocycles. The maximum absolute atomic E-state index is 16.6. The van der Waals surface area contributed by atoms with Crippen LogP contribution in [0.1, 0.15) is 46.5 Å². The van der Waals surface area contributed by atoms with Gasteiger partial charge in [-0.15, -0.1) is 0 Å². The van der Waals surface area contributed by atoms with Crippen LogP contribution >= 0.6 is 0 Å². The summed E-state index contributed by atoms with van der Waals surface area (Å²) in [7, 11) is 0. The van der Waals surface area contributed by atoms with E-state index in [1.165, 1.54) is 6.08 Å². The van der Waals surface area contributed by atoms with Crippen LogP contribution in [-0.2, 0) is 9.59 Å². The number of rotatable bonds is 1. The number of carbonyl (C=O) groups is 2. The summed E-state index contributed by atoms with van der Waals surface area (Å²) in [5.74, 6) is -0.390. The Morgan fingerprint density at radius 3 is 2.72 bits per heavy atom. The van der Waals surface area contributed by atoms with Crippen LogP contribution in [0.5, 0.6) is 0 Å². The highest BCUT2D eigenvalue weighted by atomic mass is 19.1. The van der Waals surface area contributed by atoms with Crippen molar-refractivity contribution in [2.45, 2.75) is 58.2 Å². The molecule has 4 aliphatic rings. The van der Waals surface area contributed by atoms with Crippen molar-refractivity contribution in [3.8, 4) is 0 Å².